The van der Waals surface area contributed by atoms with E-state index >= 15 is 0 Å². The maximum atomic E-state index is 12.2. The zero-order valence-corrected chi connectivity index (χ0v) is 13.3. The second-order valence-corrected chi connectivity index (χ2v) is 7.01. The Bertz CT molecular complexity index is 744. The molecule has 0 spiro atoms. The Morgan fingerprint density at radius 1 is 1.45 bits per heavy atom. The fourth-order valence-corrected chi connectivity index (χ4v) is 3.94. The van der Waals surface area contributed by atoms with E-state index in [1.807, 2.05) is 0 Å². The molecule has 20 heavy (non-hydrogen) atoms. The average molecular weight is 378 g/mol. The van der Waals surface area contributed by atoms with Gasteiger partial charge in [-0.05, 0) is 28.1 Å². The summed E-state index contributed by atoms with van der Waals surface area (Å²) in [6.45, 7) is 0. The van der Waals surface area contributed by atoms with Gasteiger partial charge in [0.05, 0.1) is 17.1 Å². The molecule has 0 saturated carbocycles. The molecule has 0 bridgehead atoms. The van der Waals surface area contributed by atoms with E-state index in [2.05, 4.69) is 35.4 Å². The summed E-state index contributed by atoms with van der Waals surface area (Å²) < 4.78 is 31.5. The number of carbonyl (C=O) groups is 1. The molecule has 0 aromatic carbocycles. The second-order valence-electron chi connectivity index (χ2n) is 3.42. The first-order chi connectivity index (χ1) is 9.45. The number of methoxy groups -OCH3 is 1. The Kier molecular flexibility index (Phi) is 4.35. The van der Waals surface area contributed by atoms with Gasteiger partial charge in [-0.15, -0.1) is 11.3 Å². The highest BCUT2D eigenvalue weighted by Crippen LogP contribution is 2.26. The number of rotatable bonds is 4. The third-order valence-electron chi connectivity index (χ3n) is 2.15. The third-order valence-corrected chi connectivity index (χ3v) is 5.50. The van der Waals surface area contributed by atoms with Crippen molar-refractivity contribution in [2.24, 2.45) is 0 Å². The predicted octanol–water partition coefficient (Wildman–Crippen LogP) is 1.89. The highest BCUT2D eigenvalue weighted by atomic mass is 79.9. The summed E-state index contributed by atoms with van der Waals surface area (Å²) in [6.07, 6.45) is 1.44. The molecule has 2 aromatic rings. The minimum absolute atomic E-state index is 0.122. The molecule has 2 heterocycles. The Morgan fingerprint density at radius 3 is 2.85 bits per heavy atom. The number of halogens is 1. The van der Waals surface area contributed by atoms with Crippen LogP contribution in [0.25, 0.3) is 0 Å². The number of hydrogen-bond acceptors (Lipinski definition) is 7. The number of ether oxygens (including phenoxy) is 1. The molecule has 2 aromatic heterocycles. The molecule has 106 valence electrons. The number of sulfonamides is 1. The molecule has 2 rings (SSSR count). The molecule has 0 aliphatic carbocycles. The van der Waals surface area contributed by atoms with Crippen LogP contribution in [0.3, 0.4) is 0 Å². The van der Waals surface area contributed by atoms with Crippen molar-refractivity contribution in [1.29, 1.82) is 0 Å². The minimum Gasteiger partial charge on any atom is -0.464 e. The number of esters is 1. The van der Waals surface area contributed by atoms with Crippen LogP contribution in [0.1, 0.15) is 10.5 Å². The molecular formula is C10H8BrN3O4S2. The fourth-order valence-electron chi connectivity index (χ4n) is 1.29. The molecule has 0 radical (unpaired) electrons. The Morgan fingerprint density at radius 2 is 2.20 bits per heavy atom. The molecule has 0 atom stereocenters. The summed E-state index contributed by atoms with van der Waals surface area (Å²) in [5.74, 6) is -0.691. The number of aromatic nitrogens is 2. The molecule has 0 amide bonds. The Labute approximate surface area is 127 Å². The zero-order valence-electron chi connectivity index (χ0n) is 10.0. The molecule has 0 fully saturated rings. The van der Waals surface area contributed by atoms with Crippen molar-refractivity contribution in [3.63, 3.8) is 0 Å². The van der Waals surface area contributed by atoms with Gasteiger partial charge in [-0.1, -0.05) is 0 Å². The summed E-state index contributed by atoms with van der Waals surface area (Å²) in [5, 5.41) is 0. The summed E-state index contributed by atoms with van der Waals surface area (Å²) in [6, 6.07) is 3.28. The van der Waals surface area contributed by atoms with Crippen molar-refractivity contribution >= 4 is 49.1 Å². The van der Waals surface area contributed by atoms with Crippen molar-refractivity contribution in [2.45, 2.75) is 4.21 Å². The van der Waals surface area contributed by atoms with E-state index in [1.165, 1.54) is 11.7 Å². The van der Waals surface area contributed by atoms with E-state index in [4.69, 9.17) is 0 Å². The van der Waals surface area contributed by atoms with Crippen LogP contribution in [-0.2, 0) is 14.8 Å². The topological polar surface area (TPSA) is 98.2 Å². The van der Waals surface area contributed by atoms with E-state index in [0.29, 0.717) is 4.47 Å². The fraction of sp³-hybridized carbons (Fsp3) is 0.100. The van der Waals surface area contributed by atoms with E-state index in [0.717, 1.165) is 18.4 Å². The van der Waals surface area contributed by atoms with Crippen LogP contribution in [0.2, 0.25) is 0 Å². The summed E-state index contributed by atoms with van der Waals surface area (Å²) >= 11 is 4.00. The van der Waals surface area contributed by atoms with Crippen molar-refractivity contribution in [2.75, 3.05) is 11.8 Å². The van der Waals surface area contributed by atoms with Crippen molar-refractivity contribution in [3.05, 3.63) is 34.0 Å². The number of carbonyl (C=O) groups excluding carboxylic acids is 1. The average Bonchev–Trinajstić information content (AvgIpc) is 2.90. The van der Waals surface area contributed by atoms with Crippen molar-refractivity contribution in [3.8, 4) is 0 Å². The van der Waals surface area contributed by atoms with Gasteiger partial charge in [-0.3, -0.25) is 4.72 Å². The van der Waals surface area contributed by atoms with Crippen LogP contribution in [0.15, 0.2) is 32.5 Å². The third kappa shape index (κ3) is 2.97. The van der Waals surface area contributed by atoms with Gasteiger partial charge in [0.1, 0.15) is 0 Å². The van der Waals surface area contributed by atoms with E-state index in [-0.39, 0.29) is 15.7 Å². The van der Waals surface area contributed by atoms with Crippen LogP contribution in [0, 0.1) is 0 Å². The van der Waals surface area contributed by atoms with E-state index < -0.39 is 16.0 Å². The van der Waals surface area contributed by atoms with Gasteiger partial charge in [-0.2, -0.15) is 0 Å². The molecule has 0 aliphatic heterocycles. The van der Waals surface area contributed by atoms with E-state index in [1.54, 1.807) is 12.1 Å². The molecule has 0 unspecified atom stereocenters. The first-order valence-electron chi connectivity index (χ1n) is 5.11. The molecule has 0 saturated heterocycles. The number of pyridine rings is 1. The summed E-state index contributed by atoms with van der Waals surface area (Å²) in [7, 11) is -2.81. The first kappa shape index (κ1) is 14.9. The van der Waals surface area contributed by atoms with Gasteiger partial charge in [0, 0.05) is 6.20 Å². The maximum absolute atomic E-state index is 12.2. The highest BCUT2D eigenvalue weighted by molar-refractivity contribution is 9.10. The molecule has 10 heteroatoms. The van der Waals surface area contributed by atoms with Gasteiger partial charge < -0.3 is 4.74 Å². The second kappa shape index (κ2) is 5.85. The number of nitrogens with one attached hydrogen (secondary N) is 1. The highest BCUT2D eigenvalue weighted by Gasteiger charge is 2.27. The van der Waals surface area contributed by atoms with Crippen LogP contribution in [0.5, 0.6) is 0 Å². The van der Waals surface area contributed by atoms with Gasteiger partial charge >= 0.3 is 5.97 Å². The molecule has 1 N–H and O–H groups in total. The molecule has 7 nitrogen and oxygen atoms in total. The quantitative estimate of drug-likeness (QED) is 0.816. The number of nitrogens with zero attached hydrogens (tertiary/aromatic N) is 2. The van der Waals surface area contributed by atoms with Gasteiger partial charge in [-0.25, -0.2) is 23.2 Å². The Hall–Kier alpha value is -1.52. The van der Waals surface area contributed by atoms with Crippen molar-refractivity contribution in [1.82, 2.24) is 9.97 Å². The normalized spacial score (nSPS) is 11.1. The lowest BCUT2D eigenvalue weighted by Gasteiger charge is -2.07. The standard InChI is InChI=1S/C10H8BrN3O4S2/c1-18-9(15)7-10(19-5-13-7)20(16,17)14-8-6(11)3-2-4-12-8/h2-5H,1H3,(H,12,14). The first-order valence-corrected chi connectivity index (χ1v) is 8.26. The van der Waals surface area contributed by atoms with Crippen LogP contribution in [-0.4, -0.2) is 31.5 Å². The number of hydrogen-bond donors (Lipinski definition) is 1. The molecule has 0 aliphatic rings. The van der Waals surface area contributed by atoms with Gasteiger partial charge in [0.25, 0.3) is 10.0 Å². The smallest absolute Gasteiger partial charge is 0.358 e. The number of anilines is 1. The van der Waals surface area contributed by atoms with Crippen molar-refractivity contribution < 1.29 is 17.9 Å². The van der Waals surface area contributed by atoms with Crippen LogP contribution in [0.4, 0.5) is 5.82 Å². The van der Waals surface area contributed by atoms with Crippen LogP contribution >= 0.6 is 27.3 Å². The minimum atomic E-state index is -3.97. The predicted molar refractivity (Wildman–Crippen MR) is 76.2 cm³/mol. The van der Waals surface area contributed by atoms with Gasteiger partial charge in [0.2, 0.25) is 0 Å². The zero-order chi connectivity index (χ0) is 14.8. The Balaban J connectivity index is 2.40. The lowest BCUT2D eigenvalue weighted by molar-refractivity contribution is 0.0590. The van der Waals surface area contributed by atoms with Gasteiger partial charge in [0.15, 0.2) is 15.7 Å². The molecular weight excluding hydrogens is 370 g/mol. The SMILES string of the molecule is COC(=O)c1ncsc1S(=O)(=O)Nc1ncccc1Br. The summed E-state index contributed by atoms with van der Waals surface area (Å²) in [4.78, 5) is 19.1. The number of thiazole rings is 1. The largest absolute Gasteiger partial charge is 0.464 e. The van der Waals surface area contributed by atoms with E-state index in [9.17, 15) is 13.2 Å². The van der Waals surface area contributed by atoms with Crippen LogP contribution < -0.4 is 4.72 Å². The lowest BCUT2D eigenvalue weighted by atomic mass is 10.5. The lowest BCUT2D eigenvalue weighted by Crippen LogP contribution is -2.17. The summed E-state index contributed by atoms with van der Waals surface area (Å²) in [5.41, 5.74) is 1.01. The maximum Gasteiger partial charge on any atom is 0.358 e. The monoisotopic (exact) mass is 377 g/mol.